The van der Waals surface area contributed by atoms with Crippen molar-refractivity contribution >= 4 is 17.5 Å². The SMILES string of the molecule is CC(c1ccc(Cl)cc1)N(C)C(=O)CC(N)C1CC1. The molecule has 4 heteroatoms. The largest absolute Gasteiger partial charge is 0.339 e. The fourth-order valence-corrected chi connectivity index (χ4v) is 2.34. The van der Waals surface area contributed by atoms with Crippen LogP contribution in [0.3, 0.4) is 0 Å². The summed E-state index contributed by atoms with van der Waals surface area (Å²) in [6.45, 7) is 2.02. The lowest BCUT2D eigenvalue weighted by Gasteiger charge is -2.26. The van der Waals surface area contributed by atoms with E-state index in [0.717, 1.165) is 5.56 Å². The van der Waals surface area contributed by atoms with Crippen LogP contribution in [0.1, 0.15) is 37.8 Å². The van der Waals surface area contributed by atoms with Gasteiger partial charge >= 0.3 is 0 Å². The molecule has 1 aliphatic rings. The van der Waals surface area contributed by atoms with Crippen LogP contribution in [0.2, 0.25) is 5.02 Å². The van der Waals surface area contributed by atoms with Crippen molar-refractivity contribution < 1.29 is 4.79 Å². The number of carbonyl (C=O) groups excluding carboxylic acids is 1. The van der Waals surface area contributed by atoms with Crippen molar-refractivity contribution in [3.05, 3.63) is 34.9 Å². The van der Waals surface area contributed by atoms with Crippen LogP contribution in [0.5, 0.6) is 0 Å². The van der Waals surface area contributed by atoms with E-state index in [1.807, 2.05) is 38.2 Å². The molecule has 2 rings (SSSR count). The van der Waals surface area contributed by atoms with Crippen molar-refractivity contribution in [1.82, 2.24) is 4.90 Å². The van der Waals surface area contributed by atoms with E-state index in [1.54, 1.807) is 4.90 Å². The third-order valence-corrected chi connectivity index (χ3v) is 4.22. The molecule has 1 aromatic rings. The number of halogens is 1. The lowest BCUT2D eigenvalue weighted by molar-refractivity contribution is -0.132. The van der Waals surface area contributed by atoms with Gasteiger partial charge in [0.05, 0.1) is 6.04 Å². The predicted molar refractivity (Wildman–Crippen MR) is 78.0 cm³/mol. The van der Waals surface area contributed by atoms with Crippen molar-refractivity contribution in [2.75, 3.05) is 7.05 Å². The zero-order chi connectivity index (χ0) is 14.0. The van der Waals surface area contributed by atoms with Gasteiger partial charge in [-0.2, -0.15) is 0 Å². The number of benzene rings is 1. The Morgan fingerprint density at radius 3 is 2.53 bits per heavy atom. The molecule has 0 heterocycles. The molecule has 1 saturated carbocycles. The topological polar surface area (TPSA) is 46.3 Å². The lowest BCUT2D eigenvalue weighted by Crippen LogP contribution is -2.35. The van der Waals surface area contributed by atoms with Gasteiger partial charge in [-0.15, -0.1) is 0 Å². The maximum Gasteiger partial charge on any atom is 0.224 e. The lowest BCUT2D eigenvalue weighted by atomic mass is 10.1. The standard InChI is InChI=1S/C15H21ClN2O/c1-10(11-5-7-13(16)8-6-11)18(2)15(19)9-14(17)12-3-4-12/h5-8,10,12,14H,3-4,9,17H2,1-2H3. The molecule has 1 aromatic carbocycles. The summed E-state index contributed by atoms with van der Waals surface area (Å²) in [5.41, 5.74) is 7.09. The zero-order valence-corrected chi connectivity index (χ0v) is 12.2. The minimum atomic E-state index is 0.0207. The summed E-state index contributed by atoms with van der Waals surface area (Å²) in [4.78, 5) is 14.0. The van der Waals surface area contributed by atoms with Gasteiger partial charge in [0.2, 0.25) is 5.91 Å². The van der Waals surface area contributed by atoms with Gasteiger partial charge in [-0.25, -0.2) is 0 Å². The number of amides is 1. The first-order valence-corrected chi connectivity index (χ1v) is 7.13. The number of nitrogens with zero attached hydrogens (tertiary/aromatic N) is 1. The second-order valence-corrected chi connectivity index (χ2v) is 5.87. The maximum atomic E-state index is 12.2. The molecule has 0 bridgehead atoms. The summed E-state index contributed by atoms with van der Waals surface area (Å²) in [5.74, 6) is 0.671. The molecule has 2 atom stereocenters. The van der Waals surface area contributed by atoms with E-state index in [0.29, 0.717) is 17.4 Å². The predicted octanol–water partition coefficient (Wildman–Crippen LogP) is 2.99. The Bertz CT molecular complexity index is 442. The molecule has 0 aromatic heterocycles. The maximum absolute atomic E-state index is 12.2. The number of hydrogen-bond acceptors (Lipinski definition) is 2. The molecular weight excluding hydrogens is 260 g/mol. The summed E-state index contributed by atoms with van der Waals surface area (Å²) in [5, 5.41) is 0.709. The van der Waals surface area contributed by atoms with Crippen LogP contribution in [0.4, 0.5) is 0 Å². The van der Waals surface area contributed by atoms with E-state index in [1.165, 1.54) is 12.8 Å². The van der Waals surface area contributed by atoms with E-state index in [4.69, 9.17) is 17.3 Å². The number of carbonyl (C=O) groups is 1. The zero-order valence-electron chi connectivity index (χ0n) is 11.5. The van der Waals surface area contributed by atoms with Crippen molar-refractivity contribution in [1.29, 1.82) is 0 Å². The second kappa shape index (κ2) is 5.93. The number of hydrogen-bond donors (Lipinski definition) is 1. The van der Waals surface area contributed by atoms with E-state index in [-0.39, 0.29) is 18.0 Å². The summed E-state index contributed by atoms with van der Waals surface area (Å²) in [6, 6.07) is 7.67. The Labute approximate surface area is 119 Å². The average Bonchev–Trinajstić information content (AvgIpc) is 3.22. The summed E-state index contributed by atoms with van der Waals surface area (Å²) in [7, 11) is 1.83. The van der Waals surface area contributed by atoms with Gasteiger partial charge in [0.15, 0.2) is 0 Å². The molecule has 104 valence electrons. The highest BCUT2D eigenvalue weighted by Crippen LogP contribution is 2.33. The monoisotopic (exact) mass is 280 g/mol. The fourth-order valence-electron chi connectivity index (χ4n) is 2.22. The third kappa shape index (κ3) is 3.71. The van der Waals surface area contributed by atoms with Gasteiger partial charge in [-0.1, -0.05) is 23.7 Å². The van der Waals surface area contributed by atoms with Crippen LogP contribution >= 0.6 is 11.6 Å². The Balaban J connectivity index is 1.95. The van der Waals surface area contributed by atoms with E-state index in [9.17, 15) is 4.79 Å². The highest BCUT2D eigenvalue weighted by Gasteiger charge is 2.31. The first-order valence-electron chi connectivity index (χ1n) is 6.75. The fraction of sp³-hybridized carbons (Fsp3) is 0.533. The Morgan fingerprint density at radius 2 is 2.00 bits per heavy atom. The molecule has 19 heavy (non-hydrogen) atoms. The van der Waals surface area contributed by atoms with Crippen molar-refractivity contribution in [2.24, 2.45) is 11.7 Å². The molecule has 2 N–H and O–H groups in total. The summed E-state index contributed by atoms with van der Waals surface area (Å²) < 4.78 is 0. The smallest absolute Gasteiger partial charge is 0.224 e. The molecule has 0 spiro atoms. The van der Waals surface area contributed by atoms with Crippen LogP contribution in [0.15, 0.2) is 24.3 Å². The molecule has 3 nitrogen and oxygen atoms in total. The van der Waals surface area contributed by atoms with Crippen molar-refractivity contribution in [3.8, 4) is 0 Å². The molecule has 2 unspecified atom stereocenters. The van der Waals surface area contributed by atoms with Gasteiger partial charge in [-0.3, -0.25) is 4.79 Å². The van der Waals surface area contributed by atoms with Crippen LogP contribution in [0.25, 0.3) is 0 Å². The molecule has 0 saturated heterocycles. The van der Waals surface area contributed by atoms with Gasteiger partial charge in [0.25, 0.3) is 0 Å². The normalized spacial score (nSPS) is 17.9. The van der Waals surface area contributed by atoms with Crippen LogP contribution in [0, 0.1) is 5.92 Å². The van der Waals surface area contributed by atoms with E-state index in [2.05, 4.69) is 0 Å². The van der Waals surface area contributed by atoms with Crippen molar-refractivity contribution in [2.45, 2.75) is 38.3 Å². The van der Waals surface area contributed by atoms with Gasteiger partial charge < -0.3 is 10.6 Å². The number of nitrogens with two attached hydrogens (primary N) is 1. The Kier molecular flexibility index (Phi) is 4.48. The minimum absolute atomic E-state index is 0.0207. The Hall–Kier alpha value is -1.06. The molecule has 1 aliphatic carbocycles. The van der Waals surface area contributed by atoms with E-state index >= 15 is 0 Å². The van der Waals surface area contributed by atoms with E-state index < -0.39 is 0 Å². The van der Waals surface area contributed by atoms with Crippen molar-refractivity contribution in [3.63, 3.8) is 0 Å². The first-order chi connectivity index (χ1) is 8.99. The van der Waals surface area contributed by atoms with Crippen LogP contribution in [-0.4, -0.2) is 23.9 Å². The summed E-state index contributed by atoms with van der Waals surface area (Å²) >= 11 is 5.87. The second-order valence-electron chi connectivity index (χ2n) is 5.44. The first kappa shape index (κ1) is 14.4. The Morgan fingerprint density at radius 1 is 1.42 bits per heavy atom. The highest BCUT2D eigenvalue weighted by atomic mass is 35.5. The van der Waals surface area contributed by atoms with Gasteiger partial charge in [-0.05, 0) is 43.4 Å². The van der Waals surface area contributed by atoms with Gasteiger partial charge in [0, 0.05) is 24.5 Å². The minimum Gasteiger partial charge on any atom is -0.339 e. The molecule has 0 aliphatic heterocycles. The molecule has 1 fully saturated rings. The van der Waals surface area contributed by atoms with Crippen LogP contribution < -0.4 is 5.73 Å². The summed E-state index contributed by atoms with van der Waals surface area (Å²) in [6.07, 6.45) is 2.79. The third-order valence-electron chi connectivity index (χ3n) is 3.96. The quantitative estimate of drug-likeness (QED) is 0.901. The average molecular weight is 281 g/mol. The molecular formula is C15H21ClN2O. The molecule has 0 radical (unpaired) electrons. The molecule has 1 amide bonds. The van der Waals surface area contributed by atoms with Gasteiger partial charge in [0.1, 0.15) is 0 Å². The van der Waals surface area contributed by atoms with Crippen LogP contribution in [-0.2, 0) is 4.79 Å². The highest BCUT2D eigenvalue weighted by molar-refractivity contribution is 6.30. The number of rotatable bonds is 5.